The molecule has 0 radical (unpaired) electrons. The van der Waals surface area contributed by atoms with Crippen LogP contribution in [0.2, 0.25) is 0 Å². The molecular formula is C29H54O5. The van der Waals surface area contributed by atoms with Gasteiger partial charge in [-0.15, -0.1) is 0 Å². The molecule has 7 unspecified atom stereocenters. The summed E-state index contributed by atoms with van der Waals surface area (Å²) in [5.74, 6) is 1.01. The van der Waals surface area contributed by atoms with Gasteiger partial charge in [0, 0.05) is 18.8 Å². The van der Waals surface area contributed by atoms with Crippen LogP contribution in [0.3, 0.4) is 0 Å². The fourth-order valence-corrected chi connectivity index (χ4v) is 7.71. The monoisotopic (exact) mass is 482 g/mol. The van der Waals surface area contributed by atoms with Crippen molar-refractivity contribution in [2.75, 3.05) is 7.11 Å². The number of carbonyl (C=O) groups excluding carboxylic acids is 2. The lowest BCUT2D eigenvalue weighted by Crippen LogP contribution is -2.53. The molecule has 3 fully saturated rings. The SMILES string of the molecule is C.CC.COC(=O)CCCC1CCC2C(C(=O)C[C@H](C)O)C(C3(C)CCCCC3O)CCC12C. The first-order valence-corrected chi connectivity index (χ1v) is 13.6. The second-order valence-corrected chi connectivity index (χ2v) is 11.3. The third-order valence-electron chi connectivity index (χ3n) is 9.55. The van der Waals surface area contributed by atoms with Gasteiger partial charge >= 0.3 is 5.97 Å². The summed E-state index contributed by atoms with van der Waals surface area (Å²) in [5.41, 5.74) is -0.108. The summed E-state index contributed by atoms with van der Waals surface area (Å²) in [4.78, 5) is 25.1. The Morgan fingerprint density at radius 2 is 1.65 bits per heavy atom. The Labute approximate surface area is 209 Å². The molecule has 0 heterocycles. The Kier molecular flexibility index (Phi) is 12.2. The van der Waals surface area contributed by atoms with Crippen LogP contribution in [0.1, 0.15) is 119 Å². The van der Waals surface area contributed by atoms with Gasteiger partial charge in [0.2, 0.25) is 0 Å². The van der Waals surface area contributed by atoms with Crippen molar-refractivity contribution < 1.29 is 24.5 Å². The molecule has 3 aliphatic rings. The second kappa shape index (κ2) is 13.4. The first-order valence-electron chi connectivity index (χ1n) is 13.6. The minimum absolute atomic E-state index is 0. The van der Waals surface area contributed by atoms with Gasteiger partial charge in [-0.2, -0.15) is 0 Å². The molecule has 2 N–H and O–H groups in total. The zero-order chi connectivity index (χ0) is 24.8. The Balaban J connectivity index is 0.00000188. The summed E-state index contributed by atoms with van der Waals surface area (Å²) in [6.45, 7) is 10.3. The van der Waals surface area contributed by atoms with E-state index in [4.69, 9.17) is 4.74 Å². The number of hydrogen-bond acceptors (Lipinski definition) is 5. The largest absolute Gasteiger partial charge is 0.469 e. The molecule has 0 saturated heterocycles. The van der Waals surface area contributed by atoms with Crippen molar-refractivity contribution in [2.24, 2.45) is 34.5 Å². The van der Waals surface area contributed by atoms with Gasteiger partial charge in [-0.3, -0.25) is 9.59 Å². The number of fused-ring (bicyclic) bond motifs is 1. The van der Waals surface area contributed by atoms with Gasteiger partial charge in [-0.05, 0) is 86.9 Å². The lowest BCUT2D eigenvalue weighted by molar-refractivity contribution is -0.147. The molecule has 0 aliphatic heterocycles. The summed E-state index contributed by atoms with van der Waals surface area (Å²) < 4.78 is 4.80. The van der Waals surface area contributed by atoms with Crippen molar-refractivity contribution in [1.82, 2.24) is 0 Å². The van der Waals surface area contributed by atoms with E-state index in [1.54, 1.807) is 6.92 Å². The van der Waals surface area contributed by atoms with E-state index >= 15 is 0 Å². The average Bonchev–Trinajstić information content (AvgIpc) is 3.12. The van der Waals surface area contributed by atoms with Crippen molar-refractivity contribution in [1.29, 1.82) is 0 Å². The summed E-state index contributed by atoms with van der Waals surface area (Å²) in [6.07, 6.45) is 9.79. The number of ketones is 1. The fourth-order valence-electron chi connectivity index (χ4n) is 7.71. The quantitative estimate of drug-likeness (QED) is 0.395. The average molecular weight is 483 g/mol. The minimum atomic E-state index is -0.623. The Bertz CT molecular complexity index is 646. The van der Waals surface area contributed by atoms with Gasteiger partial charge in [-0.25, -0.2) is 0 Å². The molecule has 0 aromatic heterocycles. The molecule has 0 aromatic carbocycles. The number of aliphatic hydroxyl groups is 2. The molecule has 8 atom stereocenters. The predicted octanol–water partition coefficient (Wildman–Crippen LogP) is 6.33. The lowest BCUT2D eigenvalue weighted by atomic mass is 9.49. The molecule has 0 aromatic rings. The highest BCUT2D eigenvalue weighted by Gasteiger charge is 2.59. The third kappa shape index (κ3) is 6.43. The molecule has 3 aliphatic carbocycles. The highest BCUT2D eigenvalue weighted by atomic mass is 16.5. The first-order chi connectivity index (χ1) is 15.6. The summed E-state index contributed by atoms with van der Waals surface area (Å²) >= 11 is 0. The van der Waals surface area contributed by atoms with Crippen LogP contribution in [-0.4, -0.2) is 41.3 Å². The highest BCUT2D eigenvalue weighted by molar-refractivity contribution is 5.82. The molecular weight excluding hydrogens is 428 g/mol. The van der Waals surface area contributed by atoms with E-state index in [-0.39, 0.29) is 54.4 Å². The van der Waals surface area contributed by atoms with Crippen molar-refractivity contribution in [3.8, 4) is 0 Å². The van der Waals surface area contributed by atoms with Gasteiger partial charge in [0.25, 0.3) is 0 Å². The molecule has 200 valence electrons. The molecule has 3 rings (SSSR count). The number of carbonyl (C=O) groups is 2. The molecule has 3 saturated carbocycles. The zero-order valence-electron chi connectivity index (χ0n) is 22.1. The maximum absolute atomic E-state index is 13.5. The maximum atomic E-state index is 13.5. The Morgan fingerprint density at radius 1 is 1.00 bits per heavy atom. The molecule has 34 heavy (non-hydrogen) atoms. The van der Waals surface area contributed by atoms with Crippen molar-refractivity contribution >= 4 is 11.8 Å². The number of hydrogen-bond donors (Lipinski definition) is 2. The molecule has 0 bridgehead atoms. The van der Waals surface area contributed by atoms with E-state index in [2.05, 4.69) is 13.8 Å². The standard InChI is InChI=1S/C26H44O5.C2H6.CH4/c1-17(27)16-21(28)24-19-12-11-18(8-7-10-23(30)31-4)25(19,2)15-13-20(24)26(3)14-6-5-9-22(26)29;1-2;/h17-20,22,24,27,29H,5-16H2,1-4H3;1-2H3;1H4/t17-,18?,19?,20?,22?,24?,25?,26?;;/m0../s1. The Morgan fingerprint density at radius 3 is 2.24 bits per heavy atom. The van der Waals surface area contributed by atoms with Crippen molar-refractivity contribution in [2.45, 2.75) is 131 Å². The third-order valence-corrected chi connectivity index (χ3v) is 9.55. The van der Waals surface area contributed by atoms with Gasteiger partial charge in [-0.1, -0.05) is 48.0 Å². The van der Waals surface area contributed by atoms with E-state index < -0.39 is 6.10 Å². The molecule has 5 nitrogen and oxygen atoms in total. The minimum Gasteiger partial charge on any atom is -0.469 e. The maximum Gasteiger partial charge on any atom is 0.305 e. The fraction of sp³-hybridized carbons (Fsp3) is 0.931. The van der Waals surface area contributed by atoms with Crippen LogP contribution in [0.25, 0.3) is 0 Å². The number of methoxy groups -OCH3 is 1. The predicted molar refractivity (Wildman–Crippen MR) is 138 cm³/mol. The number of rotatable bonds is 8. The van der Waals surface area contributed by atoms with Crippen molar-refractivity contribution in [3.63, 3.8) is 0 Å². The smallest absolute Gasteiger partial charge is 0.305 e. The number of aliphatic hydroxyl groups excluding tert-OH is 2. The van der Waals surface area contributed by atoms with E-state index in [0.29, 0.717) is 18.3 Å². The van der Waals surface area contributed by atoms with Crippen LogP contribution in [0.15, 0.2) is 0 Å². The van der Waals surface area contributed by atoms with Crippen LogP contribution in [0, 0.1) is 34.5 Å². The number of esters is 1. The highest BCUT2D eigenvalue weighted by Crippen LogP contribution is 2.64. The van der Waals surface area contributed by atoms with Crippen molar-refractivity contribution in [3.05, 3.63) is 0 Å². The summed E-state index contributed by atoms with van der Waals surface area (Å²) in [7, 11) is 1.44. The first kappa shape index (κ1) is 31.1. The van der Waals surface area contributed by atoms with E-state index in [1.165, 1.54) is 7.11 Å². The van der Waals surface area contributed by atoms with Crippen LogP contribution < -0.4 is 0 Å². The van der Waals surface area contributed by atoms with E-state index in [1.807, 2.05) is 13.8 Å². The van der Waals surface area contributed by atoms with E-state index in [0.717, 1.165) is 64.2 Å². The zero-order valence-corrected chi connectivity index (χ0v) is 22.1. The lowest BCUT2D eigenvalue weighted by Gasteiger charge is -2.55. The molecule has 0 amide bonds. The Hall–Kier alpha value is -0.940. The summed E-state index contributed by atoms with van der Waals surface area (Å²) in [6, 6.07) is 0. The normalized spacial score (nSPS) is 37.9. The van der Waals surface area contributed by atoms with Gasteiger partial charge < -0.3 is 14.9 Å². The van der Waals surface area contributed by atoms with Gasteiger partial charge in [0.15, 0.2) is 0 Å². The number of Topliss-reactive ketones (excluding diaryl/α,β-unsaturated/α-hetero) is 1. The topological polar surface area (TPSA) is 83.8 Å². The van der Waals surface area contributed by atoms with E-state index in [9.17, 15) is 19.8 Å². The second-order valence-electron chi connectivity index (χ2n) is 11.3. The number of ether oxygens (including phenoxy) is 1. The van der Waals surface area contributed by atoms with Crippen LogP contribution in [-0.2, 0) is 14.3 Å². The van der Waals surface area contributed by atoms with Crippen LogP contribution in [0.4, 0.5) is 0 Å². The van der Waals surface area contributed by atoms with Gasteiger partial charge in [0.05, 0.1) is 19.3 Å². The molecule has 0 spiro atoms. The van der Waals surface area contributed by atoms with Crippen LogP contribution >= 0.6 is 0 Å². The summed E-state index contributed by atoms with van der Waals surface area (Å²) in [5, 5.41) is 21.0. The van der Waals surface area contributed by atoms with Gasteiger partial charge in [0.1, 0.15) is 5.78 Å². The van der Waals surface area contributed by atoms with Crippen LogP contribution in [0.5, 0.6) is 0 Å². The molecule has 5 heteroatoms.